The van der Waals surface area contributed by atoms with Crippen molar-refractivity contribution in [1.82, 2.24) is 4.90 Å². The van der Waals surface area contributed by atoms with Gasteiger partial charge < -0.3 is 10.6 Å². The molecule has 1 spiro atoms. The lowest BCUT2D eigenvalue weighted by molar-refractivity contribution is 0.163. The molecular weight excluding hydrogens is 266 g/mol. The quantitative estimate of drug-likeness (QED) is 0.829. The van der Waals surface area contributed by atoms with Crippen LogP contribution in [0.4, 0.5) is 4.79 Å². The molecule has 0 radical (unpaired) electrons. The summed E-state index contributed by atoms with van der Waals surface area (Å²) < 4.78 is 24.1. The van der Waals surface area contributed by atoms with E-state index < -0.39 is 26.7 Å². The second kappa shape index (κ2) is 4.47. The number of carbonyl (C=O) groups excluding carboxylic acids is 1. The standard InChI is InChI=1S/C12H21N3O3S/c1-8(2)7-15-11(16)14-10(13)12(15)6-4-5-9(12)19(3,17)18/h8-9H,4-7H2,1-3H3,(H2,13,14,16). The fourth-order valence-corrected chi connectivity index (χ4v) is 4.97. The smallest absolute Gasteiger partial charge is 0.346 e. The van der Waals surface area contributed by atoms with Crippen LogP contribution >= 0.6 is 0 Å². The van der Waals surface area contributed by atoms with Crippen LogP contribution in [-0.2, 0) is 9.84 Å². The summed E-state index contributed by atoms with van der Waals surface area (Å²) in [5, 5.41) is -0.631. The Morgan fingerprint density at radius 2 is 2.16 bits per heavy atom. The predicted molar refractivity (Wildman–Crippen MR) is 73.8 cm³/mol. The lowest BCUT2D eigenvalue weighted by Crippen LogP contribution is -2.61. The molecule has 1 heterocycles. The lowest BCUT2D eigenvalue weighted by atomic mass is 9.93. The summed E-state index contributed by atoms with van der Waals surface area (Å²) >= 11 is 0. The van der Waals surface area contributed by atoms with Gasteiger partial charge in [0.05, 0.1) is 5.25 Å². The molecular formula is C12H21N3O3S. The molecule has 0 saturated heterocycles. The minimum absolute atomic E-state index is 0.172. The molecule has 2 rings (SSSR count). The zero-order chi connectivity index (χ0) is 14.4. The van der Waals surface area contributed by atoms with Crippen LogP contribution in [0.5, 0.6) is 0 Å². The number of amides is 2. The van der Waals surface area contributed by atoms with Gasteiger partial charge in [-0.15, -0.1) is 0 Å². The third-order valence-electron chi connectivity index (χ3n) is 3.99. The average molecular weight is 287 g/mol. The van der Waals surface area contributed by atoms with E-state index in [1.54, 1.807) is 4.90 Å². The fraction of sp³-hybridized carbons (Fsp3) is 0.833. The van der Waals surface area contributed by atoms with Gasteiger partial charge in [0, 0.05) is 12.8 Å². The zero-order valence-electron chi connectivity index (χ0n) is 11.6. The Labute approximate surface area is 114 Å². The van der Waals surface area contributed by atoms with Crippen molar-refractivity contribution in [2.24, 2.45) is 16.6 Å². The zero-order valence-corrected chi connectivity index (χ0v) is 12.4. The molecule has 6 nitrogen and oxygen atoms in total. The Kier molecular flexibility index (Phi) is 3.36. The molecule has 0 bridgehead atoms. The minimum Gasteiger partial charge on any atom is -0.385 e. The number of carbonyl (C=O) groups is 1. The number of aliphatic imine (C=N–C) groups is 1. The van der Waals surface area contributed by atoms with Crippen LogP contribution in [0.3, 0.4) is 0 Å². The number of nitrogens with two attached hydrogens (primary N) is 1. The summed E-state index contributed by atoms with van der Waals surface area (Å²) in [6.45, 7) is 4.45. The van der Waals surface area contributed by atoms with Crippen molar-refractivity contribution in [2.75, 3.05) is 12.8 Å². The Balaban J connectivity index is 2.48. The molecule has 0 aromatic rings. The Hall–Kier alpha value is -1.11. The summed E-state index contributed by atoms with van der Waals surface area (Å²) in [4.78, 5) is 17.4. The van der Waals surface area contributed by atoms with E-state index in [1.165, 1.54) is 6.26 Å². The molecule has 1 fully saturated rings. The highest BCUT2D eigenvalue weighted by Crippen LogP contribution is 2.43. The molecule has 108 valence electrons. The number of urea groups is 1. The highest BCUT2D eigenvalue weighted by atomic mass is 32.2. The maximum Gasteiger partial charge on any atom is 0.346 e. The van der Waals surface area contributed by atoms with E-state index in [-0.39, 0.29) is 11.8 Å². The summed E-state index contributed by atoms with van der Waals surface area (Å²) in [6.07, 6.45) is 3.08. The van der Waals surface area contributed by atoms with E-state index in [0.29, 0.717) is 19.4 Å². The molecule has 1 saturated carbocycles. The van der Waals surface area contributed by atoms with E-state index >= 15 is 0 Å². The van der Waals surface area contributed by atoms with Gasteiger partial charge in [0.1, 0.15) is 11.4 Å². The van der Waals surface area contributed by atoms with Gasteiger partial charge >= 0.3 is 6.03 Å². The van der Waals surface area contributed by atoms with Gasteiger partial charge in [0.2, 0.25) is 0 Å². The SMILES string of the molecule is CC(C)CN1C(=O)N=C(N)C12CCCC2S(C)(=O)=O. The van der Waals surface area contributed by atoms with Gasteiger partial charge in [0.15, 0.2) is 9.84 Å². The van der Waals surface area contributed by atoms with E-state index in [2.05, 4.69) is 4.99 Å². The van der Waals surface area contributed by atoms with Gasteiger partial charge in [-0.05, 0) is 25.2 Å². The van der Waals surface area contributed by atoms with Crippen molar-refractivity contribution in [3.63, 3.8) is 0 Å². The van der Waals surface area contributed by atoms with Crippen molar-refractivity contribution >= 4 is 21.7 Å². The average Bonchev–Trinajstić information content (AvgIpc) is 2.77. The van der Waals surface area contributed by atoms with Crippen LogP contribution in [0.15, 0.2) is 4.99 Å². The summed E-state index contributed by atoms with van der Waals surface area (Å²) in [5.74, 6) is 0.411. The molecule has 2 N–H and O–H groups in total. The summed E-state index contributed by atoms with van der Waals surface area (Å²) in [7, 11) is -3.27. The molecule has 2 atom stereocenters. The Morgan fingerprint density at radius 1 is 1.53 bits per heavy atom. The highest BCUT2D eigenvalue weighted by Gasteiger charge is 2.59. The predicted octanol–water partition coefficient (Wildman–Crippen LogP) is 0.771. The maximum atomic E-state index is 12.0. The molecule has 0 aromatic heterocycles. The molecule has 0 aromatic carbocycles. The number of nitrogens with zero attached hydrogens (tertiary/aromatic N) is 2. The van der Waals surface area contributed by atoms with Crippen molar-refractivity contribution in [3.05, 3.63) is 0 Å². The first-order chi connectivity index (χ1) is 8.69. The second-order valence-electron chi connectivity index (χ2n) is 5.92. The third-order valence-corrected chi connectivity index (χ3v) is 5.65. The topological polar surface area (TPSA) is 92.8 Å². The molecule has 2 aliphatic rings. The van der Waals surface area contributed by atoms with Gasteiger partial charge in [-0.25, -0.2) is 13.2 Å². The van der Waals surface area contributed by atoms with E-state index in [1.807, 2.05) is 13.8 Å². The first-order valence-corrected chi connectivity index (χ1v) is 8.50. The number of amidine groups is 1. The first kappa shape index (κ1) is 14.3. The van der Waals surface area contributed by atoms with Crippen LogP contribution < -0.4 is 5.73 Å². The number of rotatable bonds is 3. The Morgan fingerprint density at radius 3 is 2.68 bits per heavy atom. The molecule has 19 heavy (non-hydrogen) atoms. The molecule has 7 heteroatoms. The van der Waals surface area contributed by atoms with Crippen molar-refractivity contribution in [2.45, 2.75) is 43.9 Å². The largest absolute Gasteiger partial charge is 0.385 e. The Bertz CT molecular complexity index is 526. The number of hydrogen-bond acceptors (Lipinski definition) is 4. The van der Waals surface area contributed by atoms with Gasteiger partial charge in [-0.2, -0.15) is 4.99 Å². The molecule has 2 amide bonds. The normalized spacial score (nSPS) is 31.6. The molecule has 1 aliphatic heterocycles. The monoisotopic (exact) mass is 287 g/mol. The summed E-state index contributed by atoms with van der Waals surface area (Å²) in [6, 6.07) is -0.401. The number of sulfone groups is 1. The third kappa shape index (κ3) is 2.13. The van der Waals surface area contributed by atoms with Crippen molar-refractivity contribution in [1.29, 1.82) is 0 Å². The van der Waals surface area contributed by atoms with E-state index in [9.17, 15) is 13.2 Å². The van der Waals surface area contributed by atoms with Gasteiger partial charge in [-0.1, -0.05) is 13.8 Å². The highest BCUT2D eigenvalue weighted by molar-refractivity contribution is 7.91. The van der Waals surface area contributed by atoms with Crippen molar-refractivity contribution < 1.29 is 13.2 Å². The number of hydrogen-bond donors (Lipinski definition) is 1. The molecule has 1 aliphatic carbocycles. The molecule has 2 unspecified atom stereocenters. The van der Waals surface area contributed by atoms with Gasteiger partial charge in [-0.3, -0.25) is 0 Å². The van der Waals surface area contributed by atoms with Crippen LogP contribution in [0.1, 0.15) is 33.1 Å². The van der Waals surface area contributed by atoms with E-state index in [0.717, 1.165) is 6.42 Å². The van der Waals surface area contributed by atoms with Crippen LogP contribution in [-0.4, -0.2) is 48.8 Å². The van der Waals surface area contributed by atoms with Crippen LogP contribution in [0, 0.1) is 5.92 Å². The summed E-state index contributed by atoms with van der Waals surface area (Å²) in [5.41, 5.74) is 5.03. The maximum absolute atomic E-state index is 12.0. The fourth-order valence-electron chi connectivity index (χ4n) is 3.30. The van der Waals surface area contributed by atoms with Crippen LogP contribution in [0.2, 0.25) is 0 Å². The lowest BCUT2D eigenvalue weighted by Gasteiger charge is -2.39. The first-order valence-electron chi connectivity index (χ1n) is 6.54. The second-order valence-corrected chi connectivity index (χ2v) is 8.15. The van der Waals surface area contributed by atoms with Gasteiger partial charge in [0.25, 0.3) is 0 Å². The van der Waals surface area contributed by atoms with Crippen LogP contribution in [0.25, 0.3) is 0 Å². The minimum atomic E-state index is -3.27. The van der Waals surface area contributed by atoms with Crippen molar-refractivity contribution in [3.8, 4) is 0 Å². The van der Waals surface area contributed by atoms with E-state index in [4.69, 9.17) is 5.73 Å².